The number of carbonyl (C=O) groups is 3. The number of rotatable bonds is 13. The average Bonchev–Trinajstić information content (AvgIpc) is 3.23. The molecule has 2 amide bonds. The van der Waals surface area contributed by atoms with Gasteiger partial charge in [0, 0.05) is 20.0 Å². The number of likely N-dealkylation sites (N-methyl/N-ethyl adjacent to an activating group) is 1. The van der Waals surface area contributed by atoms with E-state index in [0.29, 0.717) is 17.6 Å². The van der Waals surface area contributed by atoms with Crippen LogP contribution in [0.4, 0.5) is 0 Å². The molecule has 0 saturated carbocycles. The molecule has 0 radical (unpaired) electrons. The first-order valence-electron chi connectivity index (χ1n) is 15.3. The van der Waals surface area contributed by atoms with Crippen molar-refractivity contribution in [2.75, 3.05) is 7.05 Å². The quantitative estimate of drug-likeness (QED) is 0.187. The van der Waals surface area contributed by atoms with E-state index in [1.807, 2.05) is 44.2 Å². The van der Waals surface area contributed by atoms with E-state index >= 15 is 0 Å². The van der Waals surface area contributed by atoms with Crippen molar-refractivity contribution in [1.29, 1.82) is 0 Å². The summed E-state index contributed by atoms with van der Waals surface area (Å²) in [5.41, 5.74) is -0.420. The van der Waals surface area contributed by atoms with Crippen molar-refractivity contribution in [3.63, 3.8) is 0 Å². The molecule has 246 valence electrons. The minimum atomic E-state index is -1.06. The smallest absolute Gasteiger partial charge is 0.323 e. The molecule has 3 N–H and O–H groups in total. The van der Waals surface area contributed by atoms with E-state index in [2.05, 4.69) is 16.0 Å². The first-order valence-corrected chi connectivity index (χ1v) is 15.3. The van der Waals surface area contributed by atoms with Crippen molar-refractivity contribution in [2.45, 2.75) is 84.2 Å². The Kier molecular flexibility index (Phi) is 10.8. The number of hydrogen-bond acceptors (Lipinski definition) is 9. The Morgan fingerprint density at radius 2 is 1.46 bits per heavy atom. The molecule has 2 aromatic carbocycles. The minimum absolute atomic E-state index is 0.0284. The molecule has 0 aliphatic carbocycles. The van der Waals surface area contributed by atoms with Crippen LogP contribution in [0.25, 0.3) is 21.9 Å². The summed E-state index contributed by atoms with van der Waals surface area (Å²) < 4.78 is 17.5. The Bertz CT molecular complexity index is 1730. The summed E-state index contributed by atoms with van der Waals surface area (Å²) in [4.78, 5) is 66.6. The molecule has 12 nitrogen and oxygen atoms in total. The molecule has 4 aromatic rings. The molecule has 0 saturated heterocycles. The number of nitrogens with zero attached hydrogens (tertiary/aromatic N) is 1. The van der Waals surface area contributed by atoms with Gasteiger partial charge in [-0.3, -0.25) is 33.9 Å². The van der Waals surface area contributed by atoms with Crippen molar-refractivity contribution in [3.05, 3.63) is 81.3 Å². The molecule has 0 aliphatic rings. The summed E-state index contributed by atoms with van der Waals surface area (Å²) in [6.45, 7) is 8.92. The highest BCUT2D eigenvalue weighted by Crippen LogP contribution is 2.19. The lowest BCUT2D eigenvalue weighted by Gasteiger charge is -2.29. The van der Waals surface area contributed by atoms with Crippen LogP contribution in [0.15, 0.2) is 73.4 Å². The molecule has 12 heteroatoms. The summed E-state index contributed by atoms with van der Waals surface area (Å²) in [5.74, 6) is -1.42. The number of esters is 1. The second kappa shape index (κ2) is 14.6. The van der Waals surface area contributed by atoms with Crippen LogP contribution >= 0.6 is 0 Å². The maximum Gasteiger partial charge on any atom is 0.323 e. The normalized spacial score (nSPS) is 13.8. The molecule has 3 atom stereocenters. The number of aromatic nitrogens is 1. The molecule has 0 spiro atoms. The first kappa shape index (κ1) is 34.2. The van der Waals surface area contributed by atoms with Crippen LogP contribution in [0.5, 0.6) is 0 Å². The first-order chi connectivity index (χ1) is 21.8. The topological polar surface area (TPSA) is 162 Å². The van der Waals surface area contributed by atoms with Gasteiger partial charge in [0.05, 0.1) is 16.8 Å². The second-order valence-corrected chi connectivity index (χ2v) is 12.7. The van der Waals surface area contributed by atoms with Crippen LogP contribution in [0.1, 0.15) is 53.0 Å². The maximum absolute atomic E-state index is 13.7. The van der Waals surface area contributed by atoms with Gasteiger partial charge >= 0.3 is 5.97 Å². The van der Waals surface area contributed by atoms with Crippen molar-refractivity contribution in [3.8, 4) is 0 Å². The van der Waals surface area contributed by atoms with Crippen molar-refractivity contribution >= 4 is 39.7 Å². The number of amides is 2. The Morgan fingerprint density at radius 3 is 1.98 bits per heavy atom. The Labute approximate surface area is 266 Å². The fourth-order valence-corrected chi connectivity index (χ4v) is 5.26. The minimum Gasteiger partial charge on any atom is -0.459 e. The van der Waals surface area contributed by atoms with Gasteiger partial charge in [-0.1, -0.05) is 44.2 Å². The van der Waals surface area contributed by atoms with Crippen LogP contribution in [-0.4, -0.2) is 53.1 Å². The van der Waals surface area contributed by atoms with Gasteiger partial charge in [0.15, 0.2) is 11.2 Å². The predicted octanol–water partition coefficient (Wildman–Crippen LogP) is 3.28. The highest BCUT2D eigenvalue weighted by molar-refractivity contribution is 5.93. The van der Waals surface area contributed by atoms with E-state index in [4.69, 9.17) is 13.6 Å². The van der Waals surface area contributed by atoms with Gasteiger partial charge in [0.2, 0.25) is 11.8 Å². The van der Waals surface area contributed by atoms with Crippen molar-refractivity contribution < 1.29 is 28.0 Å². The van der Waals surface area contributed by atoms with Crippen molar-refractivity contribution in [2.24, 2.45) is 5.92 Å². The van der Waals surface area contributed by atoms with Crippen LogP contribution in [-0.2, 0) is 32.1 Å². The van der Waals surface area contributed by atoms with Crippen molar-refractivity contribution in [1.82, 2.24) is 20.5 Å². The third-order valence-electron chi connectivity index (χ3n) is 7.40. The zero-order chi connectivity index (χ0) is 33.6. The van der Waals surface area contributed by atoms with Crippen LogP contribution < -0.4 is 27.1 Å². The summed E-state index contributed by atoms with van der Waals surface area (Å²) in [6, 6.07) is 9.42. The molecule has 0 fully saturated rings. The molecular formula is C34H42N4O8. The summed E-state index contributed by atoms with van der Waals surface area (Å²) in [7, 11) is 1.50. The maximum atomic E-state index is 13.7. The lowest BCUT2D eigenvalue weighted by molar-refractivity contribution is -0.158. The molecule has 46 heavy (non-hydrogen) atoms. The highest BCUT2D eigenvalue weighted by atomic mass is 16.6. The molecular weight excluding hydrogens is 592 g/mol. The fraction of sp³-hybridized carbons (Fsp3) is 0.441. The van der Waals surface area contributed by atoms with E-state index in [1.54, 1.807) is 20.8 Å². The summed E-state index contributed by atoms with van der Waals surface area (Å²) in [5, 5.41) is 8.93. The fourth-order valence-electron chi connectivity index (χ4n) is 5.26. The lowest BCUT2D eigenvalue weighted by atomic mass is 9.99. The van der Waals surface area contributed by atoms with E-state index in [9.17, 15) is 24.0 Å². The molecule has 2 aromatic heterocycles. The van der Waals surface area contributed by atoms with Gasteiger partial charge in [-0.2, -0.15) is 0 Å². The summed E-state index contributed by atoms with van der Waals surface area (Å²) in [6.07, 6.45) is 3.23. The number of fused-ring (bicyclic) bond motifs is 2. The third kappa shape index (κ3) is 8.51. The van der Waals surface area contributed by atoms with Gasteiger partial charge in [0.1, 0.15) is 30.2 Å². The largest absolute Gasteiger partial charge is 0.459 e. The van der Waals surface area contributed by atoms with E-state index in [-0.39, 0.29) is 42.0 Å². The van der Waals surface area contributed by atoms with E-state index in [1.165, 1.54) is 31.7 Å². The van der Waals surface area contributed by atoms with Crippen LogP contribution in [0.2, 0.25) is 0 Å². The highest BCUT2D eigenvalue weighted by Gasteiger charge is 2.32. The van der Waals surface area contributed by atoms with Gasteiger partial charge in [0.25, 0.3) is 11.1 Å². The average molecular weight is 635 g/mol. The van der Waals surface area contributed by atoms with Crippen LogP contribution in [0.3, 0.4) is 0 Å². The number of carbonyl (C=O) groups excluding carboxylic acids is 3. The predicted molar refractivity (Wildman–Crippen MR) is 173 cm³/mol. The Morgan fingerprint density at radius 1 is 0.870 bits per heavy atom. The molecule has 0 bridgehead atoms. The van der Waals surface area contributed by atoms with Gasteiger partial charge < -0.3 is 24.2 Å². The van der Waals surface area contributed by atoms with E-state index in [0.717, 1.165) is 10.1 Å². The standard InChI is InChI=1S/C34H42N4O8/c1-20(2)16-25(30(40)37-26(29(39)35-6)17-21-10-8-7-9-11-21)36-24(33(43)46-34(3,4)5)12-13-38-31(41)22-18-27-28(45-15-14-44-27)19-23(22)32(38)42/h7-11,14-15,18-20,24-26,36H,12-13,16-17H2,1-6H3,(H,35,39)(H,37,40)/t24-,25+,26+/m1/s1. The van der Waals surface area contributed by atoms with Crippen LogP contribution in [0, 0.1) is 5.92 Å². The lowest BCUT2D eigenvalue weighted by Crippen LogP contribution is -2.57. The van der Waals surface area contributed by atoms with Gasteiger partial charge in [-0.25, -0.2) is 0 Å². The van der Waals surface area contributed by atoms with Gasteiger partial charge in [-0.15, -0.1) is 0 Å². The third-order valence-corrected chi connectivity index (χ3v) is 7.40. The number of hydrogen-bond donors (Lipinski definition) is 3. The Hall–Kier alpha value is -4.71. The molecule has 2 heterocycles. The number of ether oxygens (including phenoxy) is 1. The number of benzene rings is 2. The molecule has 0 unspecified atom stereocenters. The summed E-state index contributed by atoms with van der Waals surface area (Å²) >= 11 is 0. The molecule has 0 aliphatic heterocycles. The van der Waals surface area contributed by atoms with Gasteiger partial charge in [-0.05, 0) is 57.2 Å². The van der Waals surface area contributed by atoms with E-state index < -0.39 is 46.7 Å². The molecule has 4 rings (SSSR count). The Balaban J connectivity index is 1.61. The SMILES string of the molecule is CNC(=O)[C@H](Cc1ccccc1)NC(=O)[C@H](CC(C)C)N[C@H](CCn1c(=O)c2cc3occoc3cc2c1=O)C(=O)OC(C)(C)C. The monoisotopic (exact) mass is 634 g/mol. The number of nitrogens with one attached hydrogen (secondary N) is 3. The second-order valence-electron chi connectivity index (χ2n) is 12.7. The zero-order valence-electron chi connectivity index (χ0n) is 27.0. The zero-order valence-corrected chi connectivity index (χ0v) is 27.0.